The van der Waals surface area contributed by atoms with Crippen molar-refractivity contribution in [3.8, 4) is 0 Å². The fourth-order valence-corrected chi connectivity index (χ4v) is 1.58. The fraction of sp³-hybridized carbons (Fsp3) is 0.300. The Kier molecular flexibility index (Phi) is 2.64. The van der Waals surface area contributed by atoms with Crippen molar-refractivity contribution in [1.29, 1.82) is 0 Å². The van der Waals surface area contributed by atoms with Gasteiger partial charge >= 0.3 is 0 Å². The van der Waals surface area contributed by atoms with Crippen molar-refractivity contribution in [3.63, 3.8) is 0 Å². The van der Waals surface area contributed by atoms with Gasteiger partial charge in [-0.25, -0.2) is 8.78 Å². The van der Waals surface area contributed by atoms with E-state index in [0.29, 0.717) is 13.1 Å². The molecule has 1 aliphatic rings. The summed E-state index contributed by atoms with van der Waals surface area (Å²) in [4.78, 5) is 11.4. The Morgan fingerprint density at radius 1 is 1.27 bits per heavy atom. The summed E-state index contributed by atoms with van der Waals surface area (Å²) in [6.07, 6.45) is 0. The first-order valence-electron chi connectivity index (χ1n) is 4.64. The van der Waals surface area contributed by atoms with Gasteiger partial charge < -0.3 is 10.6 Å². The van der Waals surface area contributed by atoms with Crippen LogP contribution in [0, 0.1) is 11.6 Å². The van der Waals surface area contributed by atoms with Crippen molar-refractivity contribution in [1.82, 2.24) is 10.6 Å². The summed E-state index contributed by atoms with van der Waals surface area (Å²) in [7, 11) is 0. The van der Waals surface area contributed by atoms with Gasteiger partial charge in [-0.15, -0.1) is 0 Å². The molecule has 3 nitrogen and oxygen atoms in total. The molecule has 1 amide bonds. The molecule has 80 valence electrons. The van der Waals surface area contributed by atoms with E-state index in [4.69, 9.17) is 0 Å². The Hall–Kier alpha value is -1.49. The highest BCUT2D eigenvalue weighted by Gasteiger charge is 2.25. The van der Waals surface area contributed by atoms with Gasteiger partial charge in [0.15, 0.2) is 0 Å². The molecule has 1 aliphatic heterocycles. The second kappa shape index (κ2) is 3.94. The molecule has 1 atom stereocenters. The minimum Gasteiger partial charge on any atom is -0.353 e. The van der Waals surface area contributed by atoms with E-state index >= 15 is 0 Å². The standard InChI is InChI=1S/C10H10F2N2O/c11-6-1-2-8(12)7(5-6)9-10(15)14-4-3-13-9/h1-2,5,9,13H,3-4H2,(H,14,15). The predicted molar refractivity (Wildman–Crippen MR) is 50.1 cm³/mol. The molecule has 0 aromatic heterocycles. The molecule has 2 rings (SSSR count). The summed E-state index contributed by atoms with van der Waals surface area (Å²) in [5, 5.41) is 5.42. The Bertz CT molecular complexity index is 395. The van der Waals surface area contributed by atoms with E-state index < -0.39 is 17.7 Å². The van der Waals surface area contributed by atoms with Gasteiger partial charge in [-0.3, -0.25) is 4.79 Å². The molecule has 1 heterocycles. The Morgan fingerprint density at radius 3 is 2.80 bits per heavy atom. The van der Waals surface area contributed by atoms with E-state index in [-0.39, 0.29) is 11.5 Å². The topological polar surface area (TPSA) is 41.1 Å². The third kappa shape index (κ3) is 1.97. The number of benzene rings is 1. The van der Waals surface area contributed by atoms with Gasteiger partial charge in [0.2, 0.25) is 5.91 Å². The van der Waals surface area contributed by atoms with Crippen LogP contribution in [0.2, 0.25) is 0 Å². The third-order valence-corrected chi connectivity index (χ3v) is 2.30. The van der Waals surface area contributed by atoms with Crippen LogP contribution >= 0.6 is 0 Å². The van der Waals surface area contributed by atoms with E-state index in [9.17, 15) is 13.6 Å². The monoisotopic (exact) mass is 212 g/mol. The summed E-state index contributed by atoms with van der Waals surface area (Å²) < 4.78 is 26.2. The smallest absolute Gasteiger partial charge is 0.241 e. The molecule has 0 radical (unpaired) electrons. The molecule has 15 heavy (non-hydrogen) atoms. The number of nitrogens with one attached hydrogen (secondary N) is 2. The van der Waals surface area contributed by atoms with Crippen molar-refractivity contribution in [2.75, 3.05) is 13.1 Å². The molecule has 0 aliphatic carbocycles. The zero-order chi connectivity index (χ0) is 10.8. The summed E-state index contributed by atoms with van der Waals surface area (Å²) >= 11 is 0. The number of hydrogen-bond acceptors (Lipinski definition) is 2. The highest BCUT2D eigenvalue weighted by molar-refractivity contribution is 5.83. The van der Waals surface area contributed by atoms with Crippen molar-refractivity contribution in [3.05, 3.63) is 35.4 Å². The molecule has 5 heteroatoms. The van der Waals surface area contributed by atoms with Gasteiger partial charge in [0.1, 0.15) is 17.7 Å². The van der Waals surface area contributed by atoms with Gasteiger partial charge in [-0.05, 0) is 18.2 Å². The summed E-state index contributed by atoms with van der Waals surface area (Å²) in [5.41, 5.74) is 0.0483. The minimum absolute atomic E-state index is 0.0483. The molecule has 0 bridgehead atoms. The van der Waals surface area contributed by atoms with Crippen LogP contribution in [-0.2, 0) is 4.79 Å². The summed E-state index contributed by atoms with van der Waals surface area (Å²) in [6.45, 7) is 1.05. The highest BCUT2D eigenvalue weighted by atomic mass is 19.1. The first kappa shape index (κ1) is 10.0. The molecule has 2 N–H and O–H groups in total. The average molecular weight is 212 g/mol. The van der Waals surface area contributed by atoms with Crippen molar-refractivity contribution < 1.29 is 13.6 Å². The maximum atomic E-state index is 13.3. The normalized spacial score (nSPS) is 21.2. The number of piperazine rings is 1. The molecule has 1 fully saturated rings. The van der Waals surface area contributed by atoms with Crippen LogP contribution in [0.4, 0.5) is 8.78 Å². The summed E-state index contributed by atoms with van der Waals surface area (Å²) in [5.74, 6) is -1.46. The Balaban J connectivity index is 2.34. The van der Waals surface area contributed by atoms with Crippen LogP contribution < -0.4 is 10.6 Å². The van der Waals surface area contributed by atoms with Crippen LogP contribution in [0.25, 0.3) is 0 Å². The Morgan fingerprint density at radius 2 is 2.07 bits per heavy atom. The highest BCUT2D eigenvalue weighted by Crippen LogP contribution is 2.19. The maximum Gasteiger partial charge on any atom is 0.241 e. The van der Waals surface area contributed by atoms with E-state index in [0.717, 1.165) is 18.2 Å². The number of carbonyl (C=O) groups excluding carboxylic acids is 1. The van der Waals surface area contributed by atoms with Crippen LogP contribution in [-0.4, -0.2) is 19.0 Å². The summed E-state index contributed by atoms with van der Waals surface area (Å²) in [6, 6.07) is 2.29. The Labute approximate surface area is 85.5 Å². The van der Waals surface area contributed by atoms with Crippen LogP contribution in [0.15, 0.2) is 18.2 Å². The second-order valence-corrected chi connectivity index (χ2v) is 3.34. The molecule has 1 saturated heterocycles. The van der Waals surface area contributed by atoms with Gasteiger partial charge in [-0.2, -0.15) is 0 Å². The molecule has 1 aromatic rings. The molecule has 0 saturated carbocycles. The fourth-order valence-electron chi connectivity index (χ4n) is 1.58. The third-order valence-electron chi connectivity index (χ3n) is 2.30. The first-order chi connectivity index (χ1) is 7.18. The first-order valence-corrected chi connectivity index (χ1v) is 4.64. The lowest BCUT2D eigenvalue weighted by Crippen LogP contribution is -2.47. The average Bonchev–Trinajstić information content (AvgIpc) is 2.23. The van der Waals surface area contributed by atoms with Gasteiger partial charge in [0, 0.05) is 18.7 Å². The maximum absolute atomic E-state index is 13.3. The predicted octanol–water partition coefficient (Wildman–Crippen LogP) is 0.725. The molecular formula is C10H10F2N2O. The van der Waals surface area contributed by atoms with Crippen molar-refractivity contribution >= 4 is 5.91 Å². The second-order valence-electron chi connectivity index (χ2n) is 3.34. The lowest BCUT2D eigenvalue weighted by Gasteiger charge is -2.24. The zero-order valence-corrected chi connectivity index (χ0v) is 7.89. The van der Waals surface area contributed by atoms with Crippen molar-refractivity contribution in [2.24, 2.45) is 0 Å². The lowest BCUT2D eigenvalue weighted by molar-refractivity contribution is -0.124. The van der Waals surface area contributed by atoms with Crippen LogP contribution in [0.1, 0.15) is 11.6 Å². The van der Waals surface area contributed by atoms with Crippen molar-refractivity contribution in [2.45, 2.75) is 6.04 Å². The van der Waals surface area contributed by atoms with Gasteiger partial charge in [0.05, 0.1) is 0 Å². The number of carbonyl (C=O) groups is 1. The van der Waals surface area contributed by atoms with Crippen LogP contribution in [0.3, 0.4) is 0 Å². The molecule has 1 unspecified atom stereocenters. The van der Waals surface area contributed by atoms with Gasteiger partial charge in [-0.1, -0.05) is 0 Å². The quantitative estimate of drug-likeness (QED) is 0.720. The largest absolute Gasteiger partial charge is 0.353 e. The number of rotatable bonds is 1. The molecule has 1 aromatic carbocycles. The number of hydrogen-bond donors (Lipinski definition) is 2. The molecular weight excluding hydrogens is 202 g/mol. The SMILES string of the molecule is O=C1NCCNC1c1cc(F)ccc1F. The van der Waals surface area contributed by atoms with E-state index in [1.54, 1.807) is 0 Å². The number of halogens is 2. The number of amides is 1. The lowest BCUT2D eigenvalue weighted by atomic mass is 10.0. The minimum atomic E-state index is -0.797. The van der Waals surface area contributed by atoms with E-state index in [2.05, 4.69) is 10.6 Å². The van der Waals surface area contributed by atoms with E-state index in [1.807, 2.05) is 0 Å². The van der Waals surface area contributed by atoms with E-state index in [1.165, 1.54) is 0 Å². The van der Waals surface area contributed by atoms with Gasteiger partial charge in [0.25, 0.3) is 0 Å². The molecule has 0 spiro atoms. The van der Waals surface area contributed by atoms with Crippen LogP contribution in [0.5, 0.6) is 0 Å². The zero-order valence-electron chi connectivity index (χ0n) is 7.89.